The quantitative estimate of drug-likeness (QED) is 0.833. The largest absolute Gasteiger partial charge is 0.493 e. The molecule has 104 valence electrons. The molecular weight excluding hydrogens is 238 g/mol. The Balaban J connectivity index is 1.77. The van der Waals surface area contributed by atoms with Gasteiger partial charge in [0.25, 0.3) is 0 Å². The lowest BCUT2D eigenvalue weighted by Gasteiger charge is -2.26. The number of piperidine rings is 1. The third-order valence-electron chi connectivity index (χ3n) is 3.49. The zero-order valence-corrected chi connectivity index (χ0v) is 11.9. The highest BCUT2D eigenvalue weighted by Crippen LogP contribution is 2.16. The van der Waals surface area contributed by atoms with E-state index in [1.54, 1.807) is 0 Å². The van der Waals surface area contributed by atoms with Crippen LogP contribution in [0.4, 0.5) is 0 Å². The van der Waals surface area contributed by atoms with Crippen molar-refractivity contribution in [1.82, 2.24) is 4.90 Å². The van der Waals surface area contributed by atoms with Crippen LogP contribution in [0, 0.1) is 13.8 Å². The van der Waals surface area contributed by atoms with E-state index in [1.807, 2.05) is 17.0 Å². The van der Waals surface area contributed by atoms with Gasteiger partial charge in [0.15, 0.2) is 0 Å². The second kappa shape index (κ2) is 6.60. The molecule has 1 aromatic carbocycles. The molecule has 0 bridgehead atoms. The molecule has 1 amide bonds. The lowest BCUT2D eigenvalue weighted by molar-refractivity contribution is -0.132. The Morgan fingerprint density at radius 1 is 1.11 bits per heavy atom. The van der Waals surface area contributed by atoms with Crippen molar-refractivity contribution in [2.24, 2.45) is 0 Å². The van der Waals surface area contributed by atoms with Crippen molar-refractivity contribution in [1.29, 1.82) is 0 Å². The molecular formula is C16H23NO2. The van der Waals surface area contributed by atoms with Gasteiger partial charge in [-0.05, 0) is 56.4 Å². The van der Waals surface area contributed by atoms with E-state index in [-0.39, 0.29) is 5.91 Å². The average molecular weight is 261 g/mol. The van der Waals surface area contributed by atoms with Crippen molar-refractivity contribution in [3.05, 3.63) is 29.3 Å². The SMILES string of the molecule is Cc1cc(C)cc(OCCC(=O)N2CCCCC2)c1. The molecule has 0 aliphatic carbocycles. The smallest absolute Gasteiger partial charge is 0.225 e. The van der Waals surface area contributed by atoms with Crippen LogP contribution in [0.3, 0.4) is 0 Å². The Kier molecular flexibility index (Phi) is 4.83. The van der Waals surface area contributed by atoms with Gasteiger partial charge in [-0.2, -0.15) is 0 Å². The maximum absolute atomic E-state index is 12.0. The number of hydrogen-bond donors (Lipinski definition) is 0. The fourth-order valence-electron chi connectivity index (χ4n) is 2.57. The van der Waals surface area contributed by atoms with Gasteiger partial charge in [0.1, 0.15) is 5.75 Å². The molecule has 19 heavy (non-hydrogen) atoms. The zero-order valence-electron chi connectivity index (χ0n) is 11.9. The number of likely N-dealkylation sites (tertiary alicyclic amines) is 1. The molecule has 0 unspecified atom stereocenters. The molecule has 0 saturated carbocycles. The number of carbonyl (C=O) groups excluding carboxylic acids is 1. The number of hydrogen-bond acceptors (Lipinski definition) is 2. The van der Waals surface area contributed by atoms with E-state index in [1.165, 1.54) is 17.5 Å². The molecule has 1 aromatic rings. The second-order valence-corrected chi connectivity index (χ2v) is 5.36. The van der Waals surface area contributed by atoms with E-state index >= 15 is 0 Å². The maximum atomic E-state index is 12.0. The van der Waals surface area contributed by atoms with E-state index in [0.29, 0.717) is 13.0 Å². The second-order valence-electron chi connectivity index (χ2n) is 5.36. The Hall–Kier alpha value is -1.51. The van der Waals surface area contributed by atoms with Crippen molar-refractivity contribution in [2.45, 2.75) is 39.5 Å². The van der Waals surface area contributed by atoms with Crippen molar-refractivity contribution < 1.29 is 9.53 Å². The Bertz CT molecular complexity index is 416. The number of amides is 1. The van der Waals surface area contributed by atoms with Crippen LogP contribution in [-0.4, -0.2) is 30.5 Å². The molecule has 3 heteroatoms. The van der Waals surface area contributed by atoms with Crippen molar-refractivity contribution in [2.75, 3.05) is 19.7 Å². The lowest BCUT2D eigenvalue weighted by Crippen LogP contribution is -2.36. The fourth-order valence-corrected chi connectivity index (χ4v) is 2.57. The number of aryl methyl sites for hydroxylation is 2. The van der Waals surface area contributed by atoms with Crippen molar-refractivity contribution in [3.8, 4) is 5.75 Å². The summed E-state index contributed by atoms with van der Waals surface area (Å²) in [6, 6.07) is 6.14. The van der Waals surface area contributed by atoms with Gasteiger partial charge in [-0.1, -0.05) is 6.07 Å². The van der Waals surface area contributed by atoms with Crippen LogP contribution >= 0.6 is 0 Å². The number of benzene rings is 1. The molecule has 0 spiro atoms. The Morgan fingerprint density at radius 3 is 2.37 bits per heavy atom. The van der Waals surface area contributed by atoms with Gasteiger partial charge in [-0.15, -0.1) is 0 Å². The van der Waals surface area contributed by atoms with Gasteiger partial charge in [0.2, 0.25) is 5.91 Å². The van der Waals surface area contributed by atoms with Gasteiger partial charge in [-0.3, -0.25) is 4.79 Å². The van der Waals surface area contributed by atoms with E-state index in [2.05, 4.69) is 19.9 Å². The predicted octanol–water partition coefficient (Wildman–Crippen LogP) is 3.08. The summed E-state index contributed by atoms with van der Waals surface area (Å²) in [7, 11) is 0. The zero-order chi connectivity index (χ0) is 13.7. The van der Waals surface area contributed by atoms with Crippen LogP contribution < -0.4 is 4.74 Å². The minimum absolute atomic E-state index is 0.226. The monoisotopic (exact) mass is 261 g/mol. The Morgan fingerprint density at radius 2 is 1.74 bits per heavy atom. The lowest BCUT2D eigenvalue weighted by atomic mass is 10.1. The molecule has 1 aliphatic heterocycles. The molecule has 1 heterocycles. The highest BCUT2D eigenvalue weighted by molar-refractivity contribution is 5.76. The van der Waals surface area contributed by atoms with Crippen LogP contribution in [0.1, 0.15) is 36.8 Å². The van der Waals surface area contributed by atoms with Gasteiger partial charge < -0.3 is 9.64 Å². The predicted molar refractivity (Wildman–Crippen MR) is 76.5 cm³/mol. The average Bonchev–Trinajstić information content (AvgIpc) is 2.38. The summed E-state index contributed by atoms with van der Waals surface area (Å²) in [6.07, 6.45) is 4.02. The molecule has 3 nitrogen and oxygen atoms in total. The third kappa shape index (κ3) is 4.27. The van der Waals surface area contributed by atoms with Crippen LogP contribution in [0.5, 0.6) is 5.75 Å². The van der Waals surface area contributed by atoms with E-state index in [4.69, 9.17) is 4.74 Å². The van der Waals surface area contributed by atoms with Crippen LogP contribution in [0.15, 0.2) is 18.2 Å². The topological polar surface area (TPSA) is 29.5 Å². The fraction of sp³-hybridized carbons (Fsp3) is 0.562. The van der Waals surface area contributed by atoms with E-state index < -0.39 is 0 Å². The summed E-state index contributed by atoms with van der Waals surface area (Å²) in [6.45, 7) is 6.42. The van der Waals surface area contributed by atoms with Gasteiger partial charge in [0, 0.05) is 13.1 Å². The molecule has 1 fully saturated rings. The maximum Gasteiger partial charge on any atom is 0.225 e. The number of nitrogens with zero attached hydrogens (tertiary/aromatic N) is 1. The first kappa shape index (κ1) is 13.9. The summed E-state index contributed by atoms with van der Waals surface area (Å²) in [5.41, 5.74) is 2.38. The van der Waals surface area contributed by atoms with Gasteiger partial charge in [0.05, 0.1) is 13.0 Å². The summed E-state index contributed by atoms with van der Waals surface area (Å²) in [5.74, 6) is 1.09. The van der Waals surface area contributed by atoms with Crippen LogP contribution in [0.2, 0.25) is 0 Å². The van der Waals surface area contributed by atoms with Gasteiger partial charge in [-0.25, -0.2) is 0 Å². The minimum atomic E-state index is 0.226. The first-order chi connectivity index (χ1) is 9.15. The molecule has 0 radical (unpaired) electrons. The number of carbonyl (C=O) groups is 1. The minimum Gasteiger partial charge on any atom is -0.493 e. The highest BCUT2D eigenvalue weighted by Gasteiger charge is 2.15. The first-order valence-electron chi connectivity index (χ1n) is 7.14. The third-order valence-corrected chi connectivity index (χ3v) is 3.49. The normalized spacial score (nSPS) is 15.4. The van der Waals surface area contributed by atoms with E-state index in [9.17, 15) is 4.79 Å². The Labute approximate surface area is 115 Å². The van der Waals surface area contributed by atoms with Crippen molar-refractivity contribution in [3.63, 3.8) is 0 Å². The number of rotatable bonds is 4. The highest BCUT2D eigenvalue weighted by atomic mass is 16.5. The summed E-state index contributed by atoms with van der Waals surface area (Å²) in [5, 5.41) is 0. The van der Waals surface area contributed by atoms with E-state index in [0.717, 1.165) is 31.7 Å². The van der Waals surface area contributed by atoms with Crippen LogP contribution in [-0.2, 0) is 4.79 Å². The van der Waals surface area contributed by atoms with Crippen LogP contribution in [0.25, 0.3) is 0 Å². The summed E-state index contributed by atoms with van der Waals surface area (Å²) < 4.78 is 5.68. The summed E-state index contributed by atoms with van der Waals surface area (Å²) >= 11 is 0. The molecule has 0 atom stereocenters. The molecule has 2 rings (SSSR count). The standard InChI is InChI=1S/C16H23NO2/c1-13-10-14(2)12-15(11-13)19-9-6-16(18)17-7-4-3-5-8-17/h10-12H,3-9H2,1-2H3. The summed E-state index contributed by atoms with van der Waals surface area (Å²) in [4.78, 5) is 13.9. The van der Waals surface area contributed by atoms with Crippen molar-refractivity contribution >= 4 is 5.91 Å². The first-order valence-corrected chi connectivity index (χ1v) is 7.14. The van der Waals surface area contributed by atoms with Gasteiger partial charge >= 0.3 is 0 Å². The molecule has 1 aliphatic rings. The molecule has 0 aromatic heterocycles. The molecule has 0 N–H and O–H groups in total. The number of ether oxygens (including phenoxy) is 1. The molecule has 1 saturated heterocycles.